The lowest BCUT2D eigenvalue weighted by Gasteiger charge is -2.35. The van der Waals surface area contributed by atoms with E-state index in [4.69, 9.17) is 4.74 Å². The van der Waals surface area contributed by atoms with Gasteiger partial charge in [-0.3, -0.25) is 0 Å². The summed E-state index contributed by atoms with van der Waals surface area (Å²) >= 11 is 0. The number of hydrogen-bond acceptors (Lipinski definition) is 2. The fourth-order valence-corrected chi connectivity index (χ4v) is 2.72. The molecule has 0 radical (unpaired) electrons. The molecule has 2 heteroatoms. The first-order chi connectivity index (χ1) is 7.79. The van der Waals surface area contributed by atoms with E-state index < -0.39 is 0 Å². The van der Waals surface area contributed by atoms with Crippen LogP contribution in [0, 0.1) is 5.92 Å². The molecule has 1 aliphatic rings. The fourth-order valence-electron chi connectivity index (χ4n) is 2.72. The molecule has 0 aromatic heterocycles. The molecule has 0 bridgehead atoms. The highest BCUT2D eigenvalue weighted by atomic mass is 16.5. The normalized spacial score (nSPS) is 27.9. The Balaban J connectivity index is 2.28. The molecular formula is C14H29NO. The maximum atomic E-state index is 5.94. The molecule has 1 aliphatic heterocycles. The maximum absolute atomic E-state index is 5.94. The van der Waals surface area contributed by atoms with E-state index in [0.29, 0.717) is 12.1 Å². The second-order valence-electron chi connectivity index (χ2n) is 5.10. The Labute approximate surface area is 101 Å². The largest absolute Gasteiger partial charge is 0.375 e. The van der Waals surface area contributed by atoms with Gasteiger partial charge in [-0.15, -0.1) is 0 Å². The number of unbranched alkanes of at least 4 members (excludes halogenated alkanes) is 3. The van der Waals surface area contributed by atoms with Gasteiger partial charge in [0.15, 0.2) is 0 Å². The molecule has 1 rings (SSSR count). The number of rotatable bonds is 7. The first kappa shape index (κ1) is 14.0. The Morgan fingerprint density at radius 1 is 1.25 bits per heavy atom. The summed E-state index contributed by atoms with van der Waals surface area (Å²) in [5, 5.41) is 3.52. The van der Waals surface area contributed by atoms with Gasteiger partial charge >= 0.3 is 0 Å². The Hall–Kier alpha value is -0.0800. The van der Waals surface area contributed by atoms with Crippen molar-refractivity contribution in [2.75, 3.05) is 13.2 Å². The first-order valence-electron chi connectivity index (χ1n) is 7.14. The molecule has 0 aromatic rings. The van der Waals surface area contributed by atoms with Crippen molar-refractivity contribution < 1.29 is 4.74 Å². The zero-order chi connectivity index (χ0) is 11.8. The Morgan fingerprint density at radius 2 is 2.06 bits per heavy atom. The topological polar surface area (TPSA) is 21.3 Å². The lowest BCUT2D eigenvalue weighted by molar-refractivity contribution is -0.0384. The van der Waals surface area contributed by atoms with Crippen molar-refractivity contribution in [3.63, 3.8) is 0 Å². The monoisotopic (exact) mass is 227 g/mol. The highest BCUT2D eigenvalue weighted by Gasteiger charge is 2.28. The van der Waals surface area contributed by atoms with Crippen molar-refractivity contribution in [3.8, 4) is 0 Å². The summed E-state index contributed by atoms with van der Waals surface area (Å²) in [6.07, 6.45) is 8.52. The summed E-state index contributed by atoms with van der Waals surface area (Å²) in [7, 11) is 0. The summed E-state index contributed by atoms with van der Waals surface area (Å²) < 4.78 is 5.94. The zero-order valence-electron chi connectivity index (χ0n) is 11.3. The van der Waals surface area contributed by atoms with Crippen LogP contribution in [0.5, 0.6) is 0 Å². The van der Waals surface area contributed by atoms with E-state index in [1.54, 1.807) is 0 Å². The molecule has 1 saturated heterocycles. The Bertz CT molecular complexity index is 172. The van der Waals surface area contributed by atoms with Crippen molar-refractivity contribution in [1.82, 2.24) is 5.32 Å². The average Bonchev–Trinajstić information content (AvgIpc) is 2.31. The highest BCUT2D eigenvalue weighted by molar-refractivity contribution is 4.82. The third kappa shape index (κ3) is 4.42. The minimum atomic E-state index is 0.445. The molecule has 16 heavy (non-hydrogen) atoms. The molecule has 0 aromatic carbocycles. The zero-order valence-corrected chi connectivity index (χ0v) is 11.3. The molecule has 2 nitrogen and oxygen atoms in total. The van der Waals surface area contributed by atoms with Gasteiger partial charge in [-0.1, -0.05) is 46.0 Å². The van der Waals surface area contributed by atoms with E-state index in [1.807, 2.05) is 0 Å². The molecule has 3 atom stereocenters. The van der Waals surface area contributed by atoms with Crippen LogP contribution in [-0.4, -0.2) is 25.3 Å². The van der Waals surface area contributed by atoms with Crippen molar-refractivity contribution >= 4 is 0 Å². The number of nitrogens with one attached hydrogen (secondary N) is 1. The first-order valence-corrected chi connectivity index (χ1v) is 7.14. The van der Waals surface area contributed by atoms with Gasteiger partial charge < -0.3 is 10.1 Å². The second kappa shape index (κ2) is 8.08. The highest BCUT2D eigenvalue weighted by Crippen LogP contribution is 2.24. The molecule has 0 amide bonds. The smallest absolute Gasteiger partial charge is 0.0753 e. The van der Waals surface area contributed by atoms with Crippen LogP contribution in [0.2, 0.25) is 0 Å². The van der Waals surface area contributed by atoms with Crippen LogP contribution in [0.25, 0.3) is 0 Å². The van der Waals surface area contributed by atoms with Crippen LogP contribution in [0.1, 0.15) is 59.3 Å². The van der Waals surface area contributed by atoms with Gasteiger partial charge in [-0.25, -0.2) is 0 Å². The van der Waals surface area contributed by atoms with E-state index in [1.165, 1.54) is 38.5 Å². The summed E-state index contributed by atoms with van der Waals surface area (Å²) in [5.41, 5.74) is 0. The Morgan fingerprint density at radius 3 is 2.69 bits per heavy atom. The Kier molecular flexibility index (Phi) is 7.06. The molecule has 2 unspecified atom stereocenters. The van der Waals surface area contributed by atoms with Gasteiger partial charge in [-0.05, 0) is 19.3 Å². The second-order valence-corrected chi connectivity index (χ2v) is 5.10. The molecule has 1 N–H and O–H groups in total. The van der Waals surface area contributed by atoms with Crippen LogP contribution in [0.3, 0.4) is 0 Å². The summed E-state index contributed by atoms with van der Waals surface area (Å²) in [6, 6.07) is 0.532. The van der Waals surface area contributed by atoms with Gasteiger partial charge in [0.05, 0.1) is 12.7 Å². The van der Waals surface area contributed by atoms with Gasteiger partial charge in [0, 0.05) is 12.6 Å². The minimum Gasteiger partial charge on any atom is -0.375 e. The number of ether oxygens (including phenoxy) is 1. The molecular weight excluding hydrogens is 198 g/mol. The molecule has 0 aliphatic carbocycles. The molecule has 96 valence electrons. The molecule has 1 fully saturated rings. The lowest BCUT2D eigenvalue weighted by Crippen LogP contribution is -2.49. The van der Waals surface area contributed by atoms with Gasteiger partial charge in [0.2, 0.25) is 0 Å². The lowest BCUT2D eigenvalue weighted by atomic mass is 9.88. The predicted molar refractivity (Wildman–Crippen MR) is 69.7 cm³/mol. The summed E-state index contributed by atoms with van der Waals surface area (Å²) in [4.78, 5) is 0. The van der Waals surface area contributed by atoms with E-state index >= 15 is 0 Å². The molecule has 1 heterocycles. The van der Waals surface area contributed by atoms with E-state index in [-0.39, 0.29) is 0 Å². The standard InChI is InChI=1S/C14H29NO/c1-4-6-7-8-9-13(5-2)14-12(3)15-10-11-16-14/h12-15H,4-11H2,1-3H3/t12?,13?,14-/m1/s1. The number of morpholine rings is 1. The maximum Gasteiger partial charge on any atom is 0.0753 e. The van der Waals surface area contributed by atoms with E-state index in [2.05, 4.69) is 26.1 Å². The van der Waals surface area contributed by atoms with Crippen LogP contribution < -0.4 is 5.32 Å². The van der Waals surface area contributed by atoms with Crippen molar-refractivity contribution in [1.29, 1.82) is 0 Å². The van der Waals surface area contributed by atoms with Crippen LogP contribution in [0.15, 0.2) is 0 Å². The SMILES string of the molecule is CCCCCCC(CC)[C@@H]1OCCNC1C. The summed E-state index contributed by atoms with van der Waals surface area (Å²) in [6.45, 7) is 8.74. The van der Waals surface area contributed by atoms with Crippen molar-refractivity contribution in [2.24, 2.45) is 5.92 Å². The average molecular weight is 227 g/mol. The van der Waals surface area contributed by atoms with E-state index in [9.17, 15) is 0 Å². The van der Waals surface area contributed by atoms with Crippen molar-refractivity contribution in [2.45, 2.75) is 71.4 Å². The fraction of sp³-hybridized carbons (Fsp3) is 1.00. The van der Waals surface area contributed by atoms with Crippen LogP contribution >= 0.6 is 0 Å². The van der Waals surface area contributed by atoms with Gasteiger partial charge in [0.1, 0.15) is 0 Å². The van der Waals surface area contributed by atoms with Gasteiger partial charge in [0.25, 0.3) is 0 Å². The van der Waals surface area contributed by atoms with E-state index in [0.717, 1.165) is 19.1 Å². The third-order valence-corrected chi connectivity index (χ3v) is 3.79. The predicted octanol–water partition coefficient (Wildman–Crippen LogP) is 3.36. The quantitative estimate of drug-likeness (QED) is 0.673. The van der Waals surface area contributed by atoms with Crippen molar-refractivity contribution in [3.05, 3.63) is 0 Å². The van der Waals surface area contributed by atoms with Gasteiger partial charge in [-0.2, -0.15) is 0 Å². The molecule has 0 saturated carbocycles. The van der Waals surface area contributed by atoms with Crippen LogP contribution in [0.4, 0.5) is 0 Å². The summed E-state index contributed by atoms with van der Waals surface area (Å²) in [5.74, 6) is 0.750. The van der Waals surface area contributed by atoms with Crippen LogP contribution in [-0.2, 0) is 4.74 Å². The third-order valence-electron chi connectivity index (χ3n) is 3.79. The number of hydrogen-bond donors (Lipinski definition) is 1. The minimum absolute atomic E-state index is 0.445. The molecule has 0 spiro atoms.